The summed E-state index contributed by atoms with van der Waals surface area (Å²) < 4.78 is 2.34. The second-order valence-electron chi connectivity index (χ2n) is 9.08. The first-order valence-electron chi connectivity index (χ1n) is 11.9. The zero-order valence-electron chi connectivity index (χ0n) is 18.6. The van der Waals surface area contributed by atoms with Crippen molar-refractivity contribution < 1.29 is 4.79 Å². The molecule has 2 aliphatic heterocycles. The molecule has 1 amide bonds. The molecule has 1 saturated heterocycles. The van der Waals surface area contributed by atoms with Crippen molar-refractivity contribution in [1.29, 1.82) is 0 Å². The molecule has 1 unspecified atom stereocenters. The van der Waals surface area contributed by atoms with Crippen LogP contribution in [0.4, 0.5) is 0 Å². The number of pyridine rings is 1. The number of hydrogen-bond acceptors (Lipinski definition) is 5. The molecule has 1 aromatic carbocycles. The molecule has 6 nitrogen and oxygen atoms in total. The molecular formula is C26H27N5OS. The van der Waals surface area contributed by atoms with Gasteiger partial charge in [-0.2, -0.15) is 0 Å². The fraction of sp³-hybridized carbons (Fsp3) is 0.385. The number of carbonyl (C=O) groups excluding carboxylic acids is 1. The fourth-order valence-corrected chi connectivity index (χ4v) is 5.94. The van der Waals surface area contributed by atoms with Crippen LogP contribution in [0.15, 0.2) is 47.8 Å². The molecule has 1 atom stereocenters. The zero-order valence-corrected chi connectivity index (χ0v) is 19.4. The average Bonchev–Trinajstić information content (AvgIpc) is 3.49. The molecule has 0 saturated carbocycles. The van der Waals surface area contributed by atoms with Crippen LogP contribution < -0.4 is 0 Å². The zero-order chi connectivity index (χ0) is 22.2. The van der Waals surface area contributed by atoms with Gasteiger partial charge in [-0.15, -0.1) is 21.5 Å². The van der Waals surface area contributed by atoms with Crippen LogP contribution >= 0.6 is 11.3 Å². The summed E-state index contributed by atoms with van der Waals surface area (Å²) in [6.07, 6.45) is 6.67. The molecule has 6 rings (SSSR count). The number of carbonyl (C=O) groups is 1. The highest BCUT2D eigenvalue weighted by molar-refractivity contribution is 7.13. The van der Waals surface area contributed by atoms with E-state index in [2.05, 4.69) is 20.8 Å². The van der Waals surface area contributed by atoms with Gasteiger partial charge in [0, 0.05) is 37.4 Å². The first-order chi connectivity index (χ1) is 16.3. The Labute approximate surface area is 197 Å². The maximum atomic E-state index is 13.9. The van der Waals surface area contributed by atoms with Crippen LogP contribution in [0.2, 0.25) is 0 Å². The third-order valence-corrected chi connectivity index (χ3v) is 7.82. The van der Waals surface area contributed by atoms with E-state index in [1.807, 2.05) is 46.7 Å². The van der Waals surface area contributed by atoms with Gasteiger partial charge in [-0.1, -0.05) is 30.7 Å². The molecule has 2 aliphatic rings. The van der Waals surface area contributed by atoms with E-state index < -0.39 is 0 Å². The number of aryl methyl sites for hydroxylation is 1. The molecule has 0 N–H and O–H groups in total. The Hall–Kier alpha value is -3.06. The molecule has 0 aliphatic carbocycles. The van der Waals surface area contributed by atoms with Crippen molar-refractivity contribution in [2.24, 2.45) is 0 Å². The Morgan fingerprint density at radius 2 is 1.94 bits per heavy atom. The maximum Gasteiger partial charge on any atom is 0.254 e. The largest absolute Gasteiger partial charge is 0.338 e. The van der Waals surface area contributed by atoms with E-state index in [0.717, 1.165) is 71.0 Å². The summed E-state index contributed by atoms with van der Waals surface area (Å²) in [4.78, 5) is 21.8. The number of benzene rings is 1. The van der Waals surface area contributed by atoms with Crippen LogP contribution in [0.1, 0.15) is 60.0 Å². The van der Waals surface area contributed by atoms with E-state index in [0.29, 0.717) is 6.54 Å². The Kier molecular flexibility index (Phi) is 5.42. The third-order valence-electron chi connectivity index (χ3n) is 6.93. The van der Waals surface area contributed by atoms with Crippen molar-refractivity contribution in [2.45, 2.75) is 51.0 Å². The SMILES string of the molecule is O=C(c1cc(-c2cccs2)nc2ccccc12)N1CCCC(c2nnc3n2CCCCC3)C1. The van der Waals surface area contributed by atoms with E-state index in [-0.39, 0.29) is 11.8 Å². The number of nitrogens with zero attached hydrogens (tertiary/aromatic N) is 5. The molecule has 33 heavy (non-hydrogen) atoms. The predicted molar refractivity (Wildman–Crippen MR) is 131 cm³/mol. The number of fused-ring (bicyclic) bond motifs is 2. The summed E-state index contributed by atoms with van der Waals surface area (Å²) >= 11 is 1.65. The number of para-hydroxylation sites is 1. The number of aromatic nitrogens is 4. The average molecular weight is 458 g/mol. The smallest absolute Gasteiger partial charge is 0.254 e. The minimum Gasteiger partial charge on any atom is -0.338 e. The van der Waals surface area contributed by atoms with Crippen molar-refractivity contribution in [1.82, 2.24) is 24.6 Å². The van der Waals surface area contributed by atoms with Crippen molar-refractivity contribution in [3.63, 3.8) is 0 Å². The van der Waals surface area contributed by atoms with E-state index in [1.54, 1.807) is 11.3 Å². The van der Waals surface area contributed by atoms with Gasteiger partial charge in [0.1, 0.15) is 11.6 Å². The molecule has 4 aromatic rings. The standard InChI is InChI=1S/C26H27N5OS/c32-26(20-16-22(23-11-7-15-33-23)27-21-10-4-3-9-19(20)21)30-13-6-8-18(17-30)25-29-28-24-12-2-1-5-14-31(24)25/h3-4,7,9-11,15-16,18H,1-2,5-6,8,12-14,17H2. The summed E-state index contributed by atoms with van der Waals surface area (Å²) in [5, 5.41) is 12.1. The minimum absolute atomic E-state index is 0.0895. The first-order valence-corrected chi connectivity index (χ1v) is 12.8. The molecule has 0 bridgehead atoms. The van der Waals surface area contributed by atoms with Gasteiger partial charge >= 0.3 is 0 Å². The molecule has 0 radical (unpaired) electrons. The molecular weight excluding hydrogens is 430 g/mol. The predicted octanol–water partition coefficient (Wildman–Crippen LogP) is 5.30. The van der Waals surface area contributed by atoms with Crippen LogP contribution in [-0.2, 0) is 13.0 Å². The molecule has 0 spiro atoms. The highest BCUT2D eigenvalue weighted by Crippen LogP contribution is 2.32. The Bertz CT molecular complexity index is 1300. The summed E-state index contributed by atoms with van der Waals surface area (Å²) in [5.74, 6) is 2.52. The van der Waals surface area contributed by atoms with Crippen molar-refractivity contribution in [3.05, 3.63) is 65.1 Å². The number of rotatable bonds is 3. The Morgan fingerprint density at radius 3 is 2.85 bits per heavy atom. The van der Waals surface area contributed by atoms with Crippen LogP contribution in [0.25, 0.3) is 21.5 Å². The lowest BCUT2D eigenvalue weighted by Gasteiger charge is -2.33. The van der Waals surface area contributed by atoms with Crippen LogP contribution in [0, 0.1) is 0 Å². The molecule has 5 heterocycles. The third kappa shape index (κ3) is 3.84. The number of thiophene rings is 1. The van der Waals surface area contributed by atoms with Gasteiger partial charge in [0.05, 0.1) is 21.7 Å². The minimum atomic E-state index is 0.0895. The van der Waals surface area contributed by atoms with Gasteiger partial charge in [0.2, 0.25) is 0 Å². The van der Waals surface area contributed by atoms with Crippen molar-refractivity contribution in [2.75, 3.05) is 13.1 Å². The topological polar surface area (TPSA) is 63.9 Å². The van der Waals surface area contributed by atoms with E-state index >= 15 is 0 Å². The van der Waals surface area contributed by atoms with Crippen LogP contribution in [0.3, 0.4) is 0 Å². The number of likely N-dealkylation sites (tertiary alicyclic amines) is 1. The lowest BCUT2D eigenvalue weighted by Crippen LogP contribution is -2.40. The van der Waals surface area contributed by atoms with Gasteiger partial charge in [-0.3, -0.25) is 4.79 Å². The lowest BCUT2D eigenvalue weighted by atomic mass is 9.95. The van der Waals surface area contributed by atoms with E-state index in [1.165, 1.54) is 19.3 Å². The number of piperidine rings is 1. The summed E-state index contributed by atoms with van der Waals surface area (Å²) in [6, 6.07) is 14.0. The lowest BCUT2D eigenvalue weighted by molar-refractivity contribution is 0.0705. The van der Waals surface area contributed by atoms with Crippen molar-refractivity contribution in [3.8, 4) is 10.6 Å². The van der Waals surface area contributed by atoms with Crippen molar-refractivity contribution >= 4 is 28.1 Å². The Balaban J connectivity index is 1.33. The Morgan fingerprint density at radius 1 is 1.00 bits per heavy atom. The highest BCUT2D eigenvalue weighted by atomic mass is 32.1. The maximum absolute atomic E-state index is 13.9. The first kappa shape index (κ1) is 20.5. The summed E-state index contributed by atoms with van der Waals surface area (Å²) in [6.45, 7) is 2.48. The van der Waals surface area contributed by atoms with Gasteiger partial charge in [0.25, 0.3) is 5.91 Å². The number of hydrogen-bond donors (Lipinski definition) is 0. The van der Waals surface area contributed by atoms with E-state index in [9.17, 15) is 4.79 Å². The van der Waals surface area contributed by atoms with Gasteiger partial charge in [-0.05, 0) is 49.3 Å². The summed E-state index contributed by atoms with van der Waals surface area (Å²) in [7, 11) is 0. The van der Waals surface area contributed by atoms with Crippen LogP contribution in [0.5, 0.6) is 0 Å². The number of amides is 1. The highest BCUT2D eigenvalue weighted by Gasteiger charge is 2.30. The van der Waals surface area contributed by atoms with Gasteiger partial charge in [-0.25, -0.2) is 4.98 Å². The molecule has 7 heteroatoms. The van der Waals surface area contributed by atoms with E-state index in [4.69, 9.17) is 4.98 Å². The normalized spacial score (nSPS) is 18.8. The fourth-order valence-electron chi connectivity index (χ4n) is 5.26. The van der Waals surface area contributed by atoms with Gasteiger partial charge < -0.3 is 9.47 Å². The molecule has 3 aromatic heterocycles. The van der Waals surface area contributed by atoms with Gasteiger partial charge in [0.15, 0.2) is 0 Å². The van der Waals surface area contributed by atoms with Crippen LogP contribution in [-0.4, -0.2) is 43.6 Å². The monoisotopic (exact) mass is 457 g/mol. The molecule has 1 fully saturated rings. The molecule has 168 valence electrons. The second-order valence-corrected chi connectivity index (χ2v) is 10.0. The second kappa shape index (κ2) is 8.71. The summed E-state index contributed by atoms with van der Waals surface area (Å²) in [5.41, 5.74) is 2.47. The quantitative estimate of drug-likeness (QED) is 0.419.